The van der Waals surface area contributed by atoms with Gasteiger partial charge in [0.1, 0.15) is 10.9 Å². The fourth-order valence-corrected chi connectivity index (χ4v) is 4.93. The number of amides is 1. The lowest BCUT2D eigenvalue weighted by Crippen LogP contribution is -2.34. The Morgan fingerprint density at radius 1 is 1.24 bits per heavy atom. The molecule has 34 heavy (non-hydrogen) atoms. The molecule has 0 radical (unpaired) electrons. The zero-order chi connectivity index (χ0) is 23.8. The maximum atomic E-state index is 13.6. The number of pyridine rings is 1. The van der Waals surface area contributed by atoms with Crippen molar-refractivity contribution in [3.05, 3.63) is 70.1 Å². The second-order valence-electron chi connectivity index (χ2n) is 8.40. The third-order valence-electron chi connectivity index (χ3n) is 6.14. The largest absolute Gasteiger partial charge is 0.497 e. The summed E-state index contributed by atoms with van der Waals surface area (Å²) in [6.07, 6.45) is 5.60. The molecular formula is C25H23ClN4O3S. The van der Waals surface area contributed by atoms with Crippen molar-refractivity contribution in [1.82, 2.24) is 14.5 Å². The third-order valence-corrected chi connectivity index (χ3v) is 7.15. The number of aromatic nitrogens is 3. The maximum Gasteiger partial charge on any atom is 0.264 e. The van der Waals surface area contributed by atoms with Crippen LogP contribution in [0.25, 0.3) is 10.9 Å². The van der Waals surface area contributed by atoms with Gasteiger partial charge in [0, 0.05) is 35.4 Å². The summed E-state index contributed by atoms with van der Waals surface area (Å²) in [5.41, 5.74) is 2.63. The van der Waals surface area contributed by atoms with Crippen LogP contribution in [-0.4, -0.2) is 40.0 Å². The van der Waals surface area contributed by atoms with Crippen molar-refractivity contribution < 1.29 is 14.3 Å². The Labute approximate surface area is 206 Å². The quantitative estimate of drug-likeness (QED) is 0.332. The topological polar surface area (TPSA) is 77.3 Å². The van der Waals surface area contributed by atoms with Gasteiger partial charge in [0.2, 0.25) is 5.91 Å². The van der Waals surface area contributed by atoms with E-state index in [9.17, 15) is 9.59 Å². The van der Waals surface area contributed by atoms with Crippen LogP contribution in [0.15, 0.2) is 48.1 Å². The predicted octanol–water partition coefficient (Wildman–Crippen LogP) is 5.14. The Morgan fingerprint density at radius 2 is 2.06 bits per heavy atom. The highest BCUT2D eigenvalue weighted by atomic mass is 35.5. The highest BCUT2D eigenvalue weighted by Gasteiger charge is 2.30. The van der Waals surface area contributed by atoms with Crippen LogP contribution in [0, 0.1) is 12.8 Å². The summed E-state index contributed by atoms with van der Waals surface area (Å²) in [5.74, 6) is 0.917. The minimum absolute atomic E-state index is 0.0348. The molecule has 1 aromatic carbocycles. The first kappa shape index (κ1) is 22.6. The second-order valence-corrected chi connectivity index (χ2v) is 9.66. The van der Waals surface area contributed by atoms with Gasteiger partial charge in [-0.1, -0.05) is 11.6 Å². The van der Waals surface area contributed by atoms with E-state index in [1.165, 1.54) is 17.5 Å². The van der Waals surface area contributed by atoms with E-state index in [1.807, 2.05) is 30.5 Å². The molecule has 1 aliphatic carbocycles. The smallest absolute Gasteiger partial charge is 0.264 e. The lowest BCUT2D eigenvalue weighted by atomic mass is 10.1. The van der Waals surface area contributed by atoms with Gasteiger partial charge in [0.15, 0.2) is 5.13 Å². The molecule has 1 amide bonds. The van der Waals surface area contributed by atoms with Crippen LogP contribution in [0.2, 0.25) is 5.15 Å². The van der Waals surface area contributed by atoms with Gasteiger partial charge in [-0.05, 0) is 61.6 Å². The molecule has 1 fully saturated rings. The molecule has 3 heterocycles. The Balaban J connectivity index is 1.57. The molecule has 0 unspecified atom stereocenters. The van der Waals surface area contributed by atoms with E-state index in [2.05, 4.69) is 9.97 Å². The summed E-state index contributed by atoms with van der Waals surface area (Å²) in [7, 11) is 1.60. The lowest BCUT2D eigenvalue weighted by Gasteiger charge is -2.20. The van der Waals surface area contributed by atoms with Crippen LogP contribution in [0.3, 0.4) is 0 Å². The van der Waals surface area contributed by atoms with Gasteiger partial charge in [-0.3, -0.25) is 19.1 Å². The molecular weight excluding hydrogens is 472 g/mol. The van der Waals surface area contributed by atoms with Crippen LogP contribution < -0.4 is 9.64 Å². The standard InChI is InChI=1S/C25H23ClN4O3S/c1-15-19(12-23(31)29(14-16-3-4-16)25-27-9-10-34-25)20-11-18(33-2)6-7-21(20)30(15)24(32)17-5-8-22(26)28-13-17/h5-11,13,16H,3-4,12,14H2,1-2H3. The molecule has 5 rings (SSSR count). The zero-order valence-electron chi connectivity index (χ0n) is 18.8. The molecule has 0 N–H and O–H groups in total. The molecule has 174 valence electrons. The minimum Gasteiger partial charge on any atom is -0.497 e. The molecule has 0 spiro atoms. The predicted molar refractivity (Wildman–Crippen MR) is 133 cm³/mol. The number of halogens is 1. The Hall–Kier alpha value is -3.23. The number of fused-ring (bicyclic) bond motifs is 1. The van der Waals surface area contributed by atoms with Crippen LogP contribution >= 0.6 is 22.9 Å². The number of hydrogen-bond donors (Lipinski definition) is 0. The molecule has 7 nitrogen and oxygen atoms in total. The van der Waals surface area contributed by atoms with Crippen LogP contribution in [0.1, 0.15) is 34.5 Å². The fourth-order valence-electron chi connectivity index (χ4n) is 4.15. The Bertz CT molecular complexity index is 1360. The first-order valence-corrected chi connectivity index (χ1v) is 12.3. The van der Waals surface area contributed by atoms with E-state index < -0.39 is 0 Å². The number of rotatable bonds is 7. The normalized spacial score (nSPS) is 13.3. The van der Waals surface area contributed by atoms with E-state index in [-0.39, 0.29) is 18.2 Å². The average molecular weight is 495 g/mol. The number of benzene rings is 1. The van der Waals surface area contributed by atoms with Crippen LogP contribution in [-0.2, 0) is 11.2 Å². The van der Waals surface area contributed by atoms with Gasteiger partial charge in [-0.15, -0.1) is 11.3 Å². The second kappa shape index (κ2) is 9.19. The lowest BCUT2D eigenvalue weighted by molar-refractivity contribution is -0.118. The summed E-state index contributed by atoms with van der Waals surface area (Å²) in [6, 6.07) is 8.78. The van der Waals surface area contributed by atoms with E-state index in [0.29, 0.717) is 45.3 Å². The first-order valence-electron chi connectivity index (χ1n) is 11.0. The van der Waals surface area contributed by atoms with Crippen LogP contribution in [0.4, 0.5) is 5.13 Å². The molecule has 1 aliphatic rings. The van der Waals surface area contributed by atoms with E-state index in [4.69, 9.17) is 16.3 Å². The number of nitrogens with zero attached hydrogens (tertiary/aromatic N) is 4. The number of carbonyl (C=O) groups excluding carboxylic acids is 2. The van der Waals surface area contributed by atoms with Crippen molar-refractivity contribution in [3.63, 3.8) is 0 Å². The molecule has 3 aromatic heterocycles. The van der Waals surface area contributed by atoms with Gasteiger partial charge in [-0.25, -0.2) is 9.97 Å². The van der Waals surface area contributed by atoms with Crippen molar-refractivity contribution in [1.29, 1.82) is 0 Å². The number of anilines is 1. The highest BCUT2D eigenvalue weighted by Crippen LogP contribution is 2.34. The minimum atomic E-state index is -0.231. The van der Waals surface area contributed by atoms with Crippen LogP contribution in [0.5, 0.6) is 5.75 Å². The summed E-state index contributed by atoms with van der Waals surface area (Å²) in [6.45, 7) is 2.54. The maximum absolute atomic E-state index is 13.6. The first-order chi connectivity index (χ1) is 16.5. The van der Waals surface area contributed by atoms with Crippen molar-refractivity contribution in [3.8, 4) is 5.75 Å². The Kier molecular flexibility index (Phi) is 6.10. The highest BCUT2D eigenvalue weighted by molar-refractivity contribution is 7.13. The van der Waals surface area contributed by atoms with E-state index in [0.717, 1.165) is 23.8 Å². The number of methoxy groups -OCH3 is 1. The number of hydrogen-bond acceptors (Lipinski definition) is 6. The number of thiazole rings is 1. The SMILES string of the molecule is COc1ccc2c(c1)c(CC(=O)N(CC1CC1)c1nccs1)c(C)n2C(=O)c1ccc(Cl)nc1. The molecule has 9 heteroatoms. The Morgan fingerprint density at radius 3 is 2.71 bits per heavy atom. The summed E-state index contributed by atoms with van der Waals surface area (Å²) >= 11 is 7.37. The van der Waals surface area contributed by atoms with Gasteiger partial charge < -0.3 is 4.74 Å². The monoisotopic (exact) mass is 494 g/mol. The number of ether oxygens (including phenoxy) is 1. The summed E-state index contributed by atoms with van der Waals surface area (Å²) < 4.78 is 7.07. The molecule has 0 aliphatic heterocycles. The number of carbonyl (C=O) groups is 2. The van der Waals surface area contributed by atoms with Crippen molar-refractivity contribution in [2.75, 3.05) is 18.6 Å². The summed E-state index contributed by atoms with van der Waals surface area (Å²) in [5, 5.41) is 3.72. The summed E-state index contributed by atoms with van der Waals surface area (Å²) in [4.78, 5) is 37.2. The molecule has 0 atom stereocenters. The fraction of sp³-hybridized carbons (Fsp3) is 0.280. The van der Waals surface area contributed by atoms with E-state index >= 15 is 0 Å². The average Bonchev–Trinajstić information content (AvgIpc) is 3.42. The molecule has 0 saturated heterocycles. The van der Waals surface area contributed by atoms with Gasteiger partial charge in [0.25, 0.3) is 5.91 Å². The third kappa shape index (κ3) is 4.31. The molecule has 0 bridgehead atoms. The molecule has 4 aromatic rings. The van der Waals surface area contributed by atoms with Gasteiger partial charge >= 0.3 is 0 Å². The van der Waals surface area contributed by atoms with E-state index in [1.54, 1.807) is 34.9 Å². The van der Waals surface area contributed by atoms with Crippen molar-refractivity contribution >= 4 is 50.8 Å². The van der Waals surface area contributed by atoms with Gasteiger partial charge in [-0.2, -0.15) is 0 Å². The van der Waals surface area contributed by atoms with Gasteiger partial charge in [0.05, 0.1) is 24.6 Å². The zero-order valence-corrected chi connectivity index (χ0v) is 20.4. The van der Waals surface area contributed by atoms with Crippen molar-refractivity contribution in [2.45, 2.75) is 26.2 Å². The van der Waals surface area contributed by atoms with Crippen molar-refractivity contribution in [2.24, 2.45) is 5.92 Å². The molecule has 1 saturated carbocycles.